The van der Waals surface area contributed by atoms with Gasteiger partial charge in [-0.05, 0) is 50.1 Å². The molecule has 4 rings (SSSR count). The van der Waals surface area contributed by atoms with Crippen LogP contribution in [0.25, 0.3) is 15.9 Å². The maximum Gasteiger partial charge on any atom is 0.267 e. The van der Waals surface area contributed by atoms with Gasteiger partial charge in [-0.2, -0.15) is 0 Å². The molecule has 0 spiro atoms. The van der Waals surface area contributed by atoms with Crippen LogP contribution in [-0.4, -0.2) is 28.0 Å². The van der Waals surface area contributed by atoms with Gasteiger partial charge in [-0.15, -0.1) is 11.3 Å². The van der Waals surface area contributed by atoms with E-state index < -0.39 is 0 Å². The summed E-state index contributed by atoms with van der Waals surface area (Å²) in [5, 5.41) is 1.52. The molecule has 0 atom stereocenters. The van der Waals surface area contributed by atoms with Crippen LogP contribution in [0.15, 0.2) is 34.2 Å². The van der Waals surface area contributed by atoms with Crippen molar-refractivity contribution in [2.24, 2.45) is 0 Å². The Kier molecular flexibility index (Phi) is 7.27. The van der Waals surface area contributed by atoms with Gasteiger partial charge < -0.3 is 9.47 Å². The summed E-state index contributed by atoms with van der Waals surface area (Å²) in [6.07, 6.45) is 6.87. The molecule has 0 amide bonds. The number of aromatic nitrogens is 2. The number of thioether (sulfide) groups is 1. The molecule has 0 bridgehead atoms. The fourth-order valence-electron chi connectivity index (χ4n) is 4.10. The zero-order chi connectivity index (χ0) is 22.7. The van der Waals surface area contributed by atoms with Gasteiger partial charge in [0.05, 0.1) is 30.4 Å². The minimum Gasteiger partial charge on any atom is -0.497 e. The van der Waals surface area contributed by atoms with Crippen LogP contribution in [0, 0.1) is 0 Å². The number of benzene rings is 1. The molecule has 0 radical (unpaired) electrons. The van der Waals surface area contributed by atoms with Gasteiger partial charge in [0.2, 0.25) is 0 Å². The standard InChI is InChI=1S/C25H32N2O3S2/c1-5-6-7-8-9-14-31-24-26-22-21(19-15-25(2,3)30-16-20(19)32-22)23(28)27(24)17-10-12-18(29-4)13-11-17/h10-13H,5-9,14-16H2,1-4H3. The molecule has 0 unspecified atom stereocenters. The smallest absolute Gasteiger partial charge is 0.267 e. The predicted octanol–water partition coefficient (Wildman–Crippen LogP) is 6.37. The third-order valence-electron chi connectivity index (χ3n) is 5.88. The molecule has 1 aromatic carbocycles. The Morgan fingerprint density at radius 3 is 2.66 bits per heavy atom. The first-order valence-corrected chi connectivity index (χ1v) is 13.2. The Morgan fingerprint density at radius 2 is 1.94 bits per heavy atom. The van der Waals surface area contributed by atoms with Gasteiger partial charge in [0, 0.05) is 17.1 Å². The molecular formula is C25H32N2O3S2. The molecule has 0 fully saturated rings. The van der Waals surface area contributed by atoms with E-state index in [0.717, 1.165) is 55.8 Å². The third kappa shape index (κ3) is 4.90. The lowest BCUT2D eigenvalue weighted by Crippen LogP contribution is -2.32. The maximum atomic E-state index is 13.9. The van der Waals surface area contributed by atoms with E-state index in [0.29, 0.717) is 6.61 Å². The van der Waals surface area contributed by atoms with Crippen molar-refractivity contribution in [1.82, 2.24) is 9.55 Å². The van der Waals surface area contributed by atoms with Crippen molar-refractivity contribution in [1.29, 1.82) is 0 Å². The fourth-order valence-corrected chi connectivity index (χ4v) is 6.25. The summed E-state index contributed by atoms with van der Waals surface area (Å²) in [5.74, 6) is 1.73. The molecule has 0 N–H and O–H groups in total. The van der Waals surface area contributed by atoms with Gasteiger partial charge in [-0.3, -0.25) is 9.36 Å². The van der Waals surface area contributed by atoms with Crippen LogP contribution in [0.5, 0.6) is 5.75 Å². The van der Waals surface area contributed by atoms with E-state index in [9.17, 15) is 4.79 Å². The molecule has 3 heterocycles. The van der Waals surface area contributed by atoms with Crippen LogP contribution < -0.4 is 10.3 Å². The minimum absolute atomic E-state index is 0.0175. The van der Waals surface area contributed by atoms with E-state index in [4.69, 9.17) is 14.5 Å². The van der Waals surface area contributed by atoms with Crippen molar-refractivity contribution >= 4 is 33.3 Å². The number of ether oxygens (including phenoxy) is 2. The van der Waals surface area contributed by atoms with E-state index in [1.165, 1.54) is 25.7 Å². The Balaban J connectivity index is 1.75. The normalized spacial score (nSPS) is 15.1. The highest BCUT2D eigenvalue weighted by molar-refractivity contribution is 7.99. The van der Waals surface area contributed by atoms with Crippen LogP contribution in [0.1, 0.15) is 63.3 Å². The number of hydrogen-bond donors (Lipinski definition) is 0. The van der Waals surface area contributed by atoms with Crippen molar-refractivity contribution < 1.29 is 9.47 Å². The highest BCUT2D eigenvalue weighted by Crippen LogP contribution is 2.38. The summed E-state index contributed by atoms with van der Waals surface area (Å²) in [5.41, 5.74) is 1.68. The Morgan fingerprint density at radius 1 is 1.19 bits per heavy atom. The molecule has 5 nitrogen and oxygen atoms in total. The third-order valence-corrected chi connectivity index (χ3v) is 8.01. The summed E-state index contributed by atoms with van der Waals surface area (Å²) in [7, 11) is 1.65. The molecule has 2 aromatic heterocycles. The lowest BCUT2D eigenvalue weighted by molar-refractivity contribution is -0.0379. The van der Waals surface area contributed by atoms with Crippen LogP contribution in [0.4, 0.5) is 0 Å². The minimum atomic E-state index is -0.274. The van der Waals surface area contributed by atoms with Crippen molar-refractivity contribution in [2.75, 3.05) is 12.9 Å². The van der Waals surface area contributed by atoms with E-state index in [1.54, 1.807) is 34.8 Å². The van der Waals surface area contributed by atoms with Crippen molar-refractivity contribution in [3.8, 4) is 11.4 Å². The number of fused-ring (bicyclic) bond motifs is 3. The molecule has 172 valence electrons. The number of methoxy groups -OCH3 is 1. The summed E-state index contributed by atoms with van der Waals surface area (Å²) in [6.45, 7) is 6.94. The molecule has 0 saturated heterocycles. The van der Waals surface area contributed by atoms with Crippen molar-refractivity contribution in [3.63, 3.8) is 0 Å². The Hall–Kier alpha value is -1.83. The Bertz CT molecular complexity index is 1130. The molecule has 32 heavy (non-hydrogen) atoms. The monoisotopic (exact) mass is 472 g/mol. The van der Waals surface area contributed by atoms with Crippen molar-refractivity contribution in [2.45, 2.75) is 76.7 Å². The molecular weight excluding hydrogens is 440 g/mol. The lowest BCUT2D eigenvalue weighted by Gasteiger charge is -2.29. The van der Waals surface area contributed by atoms with Crippen LogP contribution in [0.3, 0.4) is 0 Å². The molecule has 1 aliphatic heterocycles. The summed E-state index contributed by atoms with van der Waals surface area (Å²) in [6, 6.07) is 7.66. The van der Waals surface area contributed by atoms with E-state index in [-0.39, 0.29) is 11.2 Å². The maximum absolute atomic E-state index is 13.9. The highest BCUT2D eigenvalue weighted by Gasteiger charge is 2.31. The summed E-state index contributed by atoms with van der Waals surface area (Å²) in [4.78, 5) is 20.8. The molecule has 7 heteroatoms. The van der Waals surface area contributed by atoms with Crippen LogP contribution in [0.2, 0.25) is 0 Å². The zero-order valence-electron chi connectivity index (χ0n) is 19.4. The molecule has 0 aliphatic carbocycles. The highest BCUT2D eigenvalue weighted by atomic mass is 32.2. The predicted molar refractivity (Wildman–Crippen MR) is 134 cm³/mol. The first-order valence-electron chi connectivity index (χ1n) is 11.4. The molecule has 3 aromatic rings. The second-order valence-electron chi connectivity index (χ2n) is 8.90. The number of thiophene rings is 1. The van der Waals surface area contributed by atoms with Gasteiger partial charge in [-0.25, -0.2) is 4.98 Å². The molecule has 1 aliphatic rings. The quantitative estimate of drug-likeness (QED) is 0.206. The van der Waals surface area contributed by atoms with Crippen molar-refractivity contribution in [3.05, 3.63) is 45.1 Å². The van der Waals surface area contributed by atoms with Crippen LogP contribution >= 0.6 is 23.1 Å². The van der Waals surface area contributed by atoms with E-state index in [1.807, 2.05) is 24.3 Å². The number of nitrogens with zero attached hydrogens (tertiary/aromatic N) is 2. The SMILES string of the molecule is CCCCCCCSc1nc2sc3c(c2c(=O)n1-c1ccc(OC)cc1)CC(C)(C)OC3. The topological polar surface area (TPSA) is 53.4 Å². The number of rotatable bonds is 9. The first kappa shape index (κ1) is 23.3. The fraction of sp³-hybridized carbons (Fsp3) is 0.520. The van der Waals surface area contributed by atoms with E-state index >= 15 is 0 Å². The largest absolute Gasteiger partial charge is 0.497 e. The Labute approximate surface area is 198 Å². The number of hydrogen-bond acceptors (Lipinski definition) is 6. The summed E-state index contributed by atoms with van der Waals surface area (Å²) < 4.78 is 13.1. The first-order chi connectivity index (χ1) is 15.4. The van der Waals surface area contributed by atoms with Gasteiger partial charge in [-0.1, -0.05) is 44.4 Å². The van der Waals surface area contributed by atoms with Gasteiger partial charge >= 0.3 is 0 Å². The zero-order valence-corrected chi connectivity index (χ0v) is 21.0. The molecule has 0 saturated carbocycles. The average Bonchev–Trinajstić information content (AvgIpc) is 3.13. The van der Waals surface area contributed by atoms with Gasteiger partial charge in [0.1, 0.15) is 10.6 Å². The van der Waals surface area contributed by atoms with Crippen LogP contribution in [-0.2, 0) is 17.8 Å². The van der Waals surface area contributed by atoms with Gasteiger partial charge in [0.25, 0.3) is 5.56 Å². The van der Waals surface area contributed by atoms with Gasteiger partial charge in [0.15, 0.2) is 5.16 Å². The second-order valence-corrected chi connectivity index (χ2v) is 11.1. The summed E-state index contributed by atoms with van der Waals surface area (Å²) >= 11 is 3.29. The number of unbranched alkanes of at least 4 members (excludes halogenated alkanes) is 4. The average molecular weight is 473 g/mol. The second kappa shape index (κ2) is 9.98. The lowest BCUT2D eigenvalue weighted by atomic mass is 9.94. The van der Waals surface area contributed by atoms with E-state index in [2.05, 4.69) is 20.8 Å².